The molecule has 4 heteroatoms. The second kappa shape index (κ2) is 8.12. The number of hydrogen-bond donors (Lipinski definition) is 0. The monoisotopic (exact) mass is 543 g/mol. The molecule has 3 aromatic heterocycles. The molecular formula is C37H25N3S. The van der Waals surface area contributed by atoms with Crippen molar-refractivity contribution >= 4 is 53.4 Å². The quantitative estimate of drug-likeness (QED) is 0.217. The molecule has 4 heterocycles. The van der Waals surface area contributed by atoms with Gasteiger partial charge in [0.1, 0.15) is 0 Å². The van der Waals surface area contributed by atoms with Crippen LogP contribution >= 0.6 is 11.3 Å². The summed E-state index contributed by atoms with van der Waals surface area (Å²) < 4.78 is 5.22. The normalized spacial score (nSPS) is 13.8. The van der Waals surface area contributed by atoms with E-state index in [1.807, 2.05) is 29.5 Å². The van der Waals surface area contributed by atoms with E-state index in [1.165, 1.54) is 48.0 Å². The predicted octanol–water partition coefficient (Wildman–Crippen LogP) is 9.91. The molecule has 8 aromatic rings. The number of thiophene rings is 1. The van der Waals surface area contributed by atoms with Gasteiger partial charge in [-0.3, -0.25) is 0 Å². The van der Waals surface area contributed by atoms with Gasteiger partial charge in [0.05, 0.1) is 32.6 Å². The summed E-state index contributed by atoms with van der Waals surface area (Å²) in [7, 11) is 0. The molecule has 0 saturated heterocycles. The number of rotatable bonds is 2. The molecular weight excluding hydrogens is 518 g/mol. The average Bonchev–Trinajstić information content (AvgIpc) is 3.55. The molecule has 1 aliphatic rings. The molecule has 0 bridgehead atoms. The molecule has 0 N–H and O–H groups in total. The molecule has 0 unspecified atom stereocenters. The van der Waals surface area contributed by atoms with Crippen LogP contribution in [0.4, 0.5) is 0 Å². The van der Waals surface area contributed by atoms with Crippen molar-refractivity contribution in [2.24, 2.45) is 0 Å². The average molecular weight is 544 g/mol. The van der Waals surface area contributed by atoms with Crippen LogP contribution in [0.25, 0.3) is 70.4 Å². The highest BCUT2D eigenvalue weighted by atomic mass is 32.1. The van der Waals surface area contributed by atoms with Crippen LogP contribution < -0.4 is 0 Å². The zero-order chi connectivity index (χ0) is 27.3. The lowest BCUT2D eigenvalue weighted by Gasteiger charge is -2.35. The van der Waals surface area contributed by atoms with Crippen LogP contribution in [0.1, 0.15) is 25.0 Å². The molecule has 0 amide bonds. The number of fused-ring (bicyclic) bond motifs is 8. The van der Waals surface area contributed by atoms with E-state index >= 15 is 0 Å². The van der Waals surface area contributed by atoms with Crippen molar-refractivity contribution in [1.82, 2.24) is 14.5 Å². The predicted molar refractivity (Wildman–Crippen MR) is 172 cm³/mol. The lowest BCUT2D eigenvalue weighted by atomic mass is 9.74. The van der Waals surface area contributed by atoms with Crippen molar-refractivity contribution < 1.29 is 0 Å². The molecule has 9 rings (SSSR count). The van der Waals surface area contributed by atoms with Crippen LogP contribution in [-0.2, 0) is 5.41 Å². The lowest BCUT2D eigenvalue weighted by molar-refractivity contribution is 0.630. The first-order chi connectivity index (χ1) is 20.1. The van der Waals surface area contributed by atoms with E-state index in [1.54, 1.807) is 0 Å². The van der Waals surface area contributed by atoms with Crippen LogP contribution in [0, 0.1) is 0 Å². The van der Waals surface area contributed by atoms with Gasteiger partial charge < -0.3 is 4.57 Å². The van der Waals surface area contributed by atoms with Gasteiger partial charge >= 0.3 is 0 Å². The van der Waals surface area contributed by atoms with E-state index in [9.17, 15) is 0 Å². The molecule has 0 spiro atoms. The Morgan fingerprint density at radius 1 is 0.610 bits per heavy atom. The van der Waals surface area contributed by atoms with Gasteiger partial charge in [-0.05, 0) is 35.4 Å². The van der Waals surface area contributed by atoms with Crippen LogP contribution in [0.2, 0.25) is 0 Å². The largest absolute Gasteiger partial charge is 0.307 e. The number of benzene rings is 5. The third kappa shape index (κ3) is 3.08. The Labute approximate surface area is 241 Å². The van der Waals surface area contributed by atoms with Gasteiger partial charge in [0.15, 0.2) is 5.82 Å². The van der Waals surface area contributed by atoms with Crippen LogP contribution in [-0.4, -0.2) is 14.5 Å². The minimum Gasteiger partial charge on any atom is -0.307 e. The summed E-state index contributed by atoms with van der Waals surface area (Å²) in [5, 5.41) is 3.73. The van der Waals surface area contributed by atoms with Crippen molar-refractivity contribution in [2.75, 3.05) is 0 Å². The summed E-state index contributed by atoms with van der Waals surface area (Å²) in [6.07, 6.45) is 0. The summed E-state index contributed by atoms with van der Waals surface area (Å²) in [5.41, 5.74) is 10.5. The molecule has 0 aliphatic carbocycles. The van der Waals surface area contributed by atoms with Crippen LogP contribution in [0.15, 0.2) is 115 Å². The Balaban J connectivity index is 1.36. The highest BCUT2D eigenvalue weighted by Crippen LogP contribution is 2.51. The number of aromatic nitrogens is 3. The number of hydrogen-bond acceptors (Lipinski definition) is 3. The van der Waals surface area contributed by atoms with Crippen LogP contribution in [0.3, 0.4) is 0 Å². The Morgan fingerprint density at radius 2 is 1.37 bits per heavy atom. The first-order valence-electron chi connectivity index (χ1n) is 14.0. The smallest absolute Gasteiger partial charge is 0.160 e. The van der Waals surface area contributed by atoms with Crippen molar-refractivity contribution in [2.45, 2.75) is 19.3 Å². The van der Waals surface area contributed by atoms with Gasteiger partial charge in [0.25, 0.3) is 0 Å². The maximum atomic E-state index is 5.18. The molecule has 1 aliphatic heterocycles. The van der Waals surface area contributed by atoms with Crippen molar-refractivity contribution in [3.8, 4) is 28.3 Å². The van der Waals surface area contributed by atoms with E-state index in [0.717, 1.165) is 33.5 Å². The standard InChI is InChI=1S/C37H25N3S/c1-37(2)27-16-10-15-26-33(27)40(34-25-14-7-9-18-31(25)41-35(26)34)30-20-19-23(21-28(30)37)32-24-13-6-8-17-29(24)38-36(39-32)22-11-4-3-5-12-22/h3-21H,1-2H3. The minimum absolute atomic E-state index is 0.178. The van der Waals surface area contributed by atoms with Crippen molar-refractivity contribution in [1.29, 1.82) is 0 Å². The first kappa shape index (κ1) is 23.0. The van der Waals surface area contributed by atoms with E-state index in [-0.39, 0.29) is 5.41 Å². The van der Waals surface area contributed by atoms with Crippen molar-refractivity contribution in [3.05, 3.63) is 126 Å². The summed E-state index contributed by atoms with van der Waals surface area (Å²) in [6.45, 7) is 4.72. The van der Waals surface area contributed by atoms with Gasteiger partial charge in [0.2, 0.25) is 0 Å². The summed E-state index contributed by atoms with van der Waals surface area (Å²) >= 11 is 1.90. The van der Waals surface area contributed by atoms with E-state index < -0.39 is 0 Å². The summed E-state index contributed by atoms with van der Waals surface area (Å²) in [4.78, 5) is 10.1. The van der Waals surface area contributed by atoms with Crippen LogP contribution in [0.5, 0.6) is 0 Å². The van der Waals surface area contributed by atoms with E-state index in [4.69, 9.17) is 9.97 Å². The second-order valence-electron chi connectivity index (χ2n) is 11.4. The molecule has 0 fully saturated rings. The molecule has 41 heavy (non-hydrogen) atoms. The number of nitrogens with zero attached hydrogens (tertiary/aromatic N) is 3. The van der Waals surface area contributed by atoms with E-state index in [2.05, 4.69) is 115 Å². The Morgan fingerprint density at radius 3 is 2.24 bits per heavy atom. The van der Waals surface area contributed by atoms with Gasteiger partial charge in [-0.2, -0.15) is 0 Å². The highest BCUT2D eigenvalue weighted by molar-refractivity contribution is 7.26. The Hall–Kier alpha value is -4.80. The zero-order valence-corrected chi connectivity index (χ0v) is 23.5. The fraction of sp³-hybridized carbons (Fsp3) is 0.0811. The minimum atomic E-state index is -0.178. The zero-order valence-electron chi connectivity index (χ0n) is 22.7. The summed E-state index contributed by atoms with van der Waals surface area (Å²) in [5.74, 6) is 0.750. The van der Waals surface area contributed by atoms with Crippen molar-refractivity contribution in [3.63, 3.8) is 0 Å². The summed E-state index contributed by atoms with van der Waals surface area (Å²) in [6, 6.07) is 41.2. The third-order valence-corrected chi connectivity index (χ3v) is 9.98. The fourth-order valence-electron chi connectivity index (χ4n) is 6.80. The third-order valence-electron chi connectivity index (χ3n) is 8.79. The molecule has 3 nitrogen and oxygen atoms in total. The molecule has 0 radical (unpaired) electrons. The highest BCUT2D eigenvalue weighted by Gasteiger charge is 2.36. The SMILES string of the molecule is CC1(C)c2cc(-c3nc(-c4ccccc4)nc4ccccc34)ccc2-n2c3c1cccc3c1sc3ccccc3c12. The van der Waals surface area contributed by atoms with Gasteiger partial charge in [-0.25, -0.2) is 9.97 Å². The van der Waals surface area contributed by atoms with E-state index in [0.29, 0.717) is 0 Å². The Bertz CT molecular complexity index is 2340. The topological polar surface area (TPSA) is 30.7 Å². The lowest BCUT2D eigenvalue weighted by Crippen LogP contribution is -2.26. The first-order valence-corrected chi connectivity index (χ1v) is 14.8. The molecule has 5 aromatic carbocycles. The number of para-hydroxylation sites is 2. The van der Waals surface area contributed by atoms with Gasteiger partial charge in [-0.15, -0.1) is 11.3 Å². The van der Waals surface area contributed by atoms with Gasteiger partial charge in [-0.1, -0.05) is 105 Å². The maximum absolute atomic E-state index is 5.18. The molecule has 0 saturated carbocycles. The second-order valence-corrected chi connectivity index (χ2v) is 12.5. The maximum Gasteiger partial charge on any atom is 0.160 e. The van der Waals surface area contributed by atoms with Gasteiger partial charge in [0, 0.05) is 37.4 Å². The fourth-order valence-corrected chi connectivity index (χ4v) is 8.01. The molecule has 194 valence electrons. The molecule has 0 atom stereocenters. The Kier molecular flexibility index (Phi) is 4.55.